The Bertz CT molecular complexity index is 2210. The van der Waals surface area contributed by atoms with Crippen molar-refractivity contribution in [3.05, 3.63) is 92.6 Å². The van der Waals surface area contributed by atoms with Crippen LogP contribution in [0.2, 0.25) is 0 Å². The second kappa shape index (κ2) is 14.7. The van der Waals surface area contributed by atoms with Crippen LogP contribution in [0.5, 0.6) is 0 Å². The molecule has 4 aromatic heterocycles. The molecule has 4 heterocycles. The summed E-state index contributed by atoms with van der Waals surface area (Å²) in [6.07, 6.45) is 4.74. The van der Waals surface area contributed by atoms with E-state index in [1.807, 2.05) is 6.07 Å². The average molecular weight is 762 g/mol. The number of amides is 5. The molecule has 0 fully saturated rings. The maximum Gasteiger partial charge on any atom is 0.272 e. The molecule has 0 aliphatic carbocycles. The highest BCUT2D eigenvalue weighted by atomic mass is 79.9. The summed E-state index contributed by atoms with van der Waals surface area (Å²) in [5, 5.41) is 21.8. The van der Waals surface area contributed by atoms with Gasteiger partial charge < -0.3 is 47.3 Å². The molecule has 0 aliphatic rings. The summed E-state index contributed by atoms with van der Waals surface area (Å²) >= 11 is 4.34. The summed E-state index contributed by atoms with van der Waals surface area (Å²) in [6.45, 7) is 8.80. The number of halogens is 1. The van der Waals surface area contributed by atoms with Crippen molar-refractivity contribution >= 4 is 95.5 Å². The Labute approximate surface area is 297 Å². The van der Waals surface area contributed by atoms with Crippen molar-refractivity contribution in [1.29, 1.82) is 5.41 Å². The number of H-pyrrole nitrogens is 3. The summed E-state index contributed by atoms with van der Waals surface area (Å²) in [5.74, 6) is -2.14. The zero-order chi connectivity index (χ0) is 36.3. The largest absolute Gasteiger partial charge is 0.388 e. The van der Waals surface area contributed by atoms with E-state index >= 15 is 0 Å². The predicted octanol–water partition coefficient (Wildman–Crippen LogP) is 5.47. The van der Waals surface area contributed by atoms with Gasteiger partial charge in [-0.2, -0.15) is 0 Å². The van der Waals surface area contributed by atoms with Crippen LogP contribution in [0.4, 0.5) is 22.7 Å². The molecule has 0 saturated carbocycles. The molecule has 0 saturated heterocycles. The van der Waals surface area contributed by atoms with Gasteiger partial charge >= 0.3 is 0 Å². The number of carbonyl (C=O) groups is 5. The highest BCUT2D eigenvalue weighted by Gasteiger charge is 2.22. The normalized spacial score (nSPS) is 10.8. The van der Waals surface area contributed by atoms with Gasteiger partial charge in [-0.25, -0.2) is 0 Å². The van der Waals surface area contributed by atoms with Gasteiger partial charge in [0.25, 0.3) is 29.5 Å². The summed E-state index contributed by atoms with van der Waals surface area (Å²) in [4.78, 5) is 73.0. The van der Waals surface area contributed by atoms with Gasteiger partial charge in [-0.1, -0.05) is 6.58 Å². The minimum Gasteiger partial charge on any atom is -0.388 e. The van der Waals surface area contributed by atoms with Crippen molar-refractivity contribution in [3.63, 3.8) is 0 Å². The SMILES string of the molecule is C=C(Br)C(=O)Nc1ccc2sc(C(=O)Nc3c[nH]c(C(=O)Nc4c[nH]c(C(=O)Nc5c[nH]c(C(=O)NCCC(=N)N)c5C)c4C)c3C)cc2c1. The molecule has 0 bridgehead atoms. The number of hydrogen-bond acceptors (Lipinski definition) is 7. The van der Waals surface area contributed by atoms with Crippen LogP contribution in [0, 0.1) is 26.2 Å². The molecule has 15 nitrogen and oxygen atoms in total. The number of aromatic amines is 3. The number of benzene rings is 1. The van der Waals surface area contributed by atoms with Crippen LogP contribution in [0.3, 0.4) is 0 Å². The molecular weight excluding hydrogens is 728 g/mol. The van der Waals surface area contributed by atoms with Crippen molar-refractivity contribution < 1.29 is 24.0 Å². The lowest BCUT2D eigenvalue weighted by atomic mass is 10.2. The Morgan fingerprint density at radius 3 is 1.78 bits per heavy atom. The minimum absolute atomic E-state index is 0.0396. The standard InChI is InChI=1S/C33H33BrN10O5S/c1-14-21(12-38-26(14)31(47)37-8-7-25(35)36)43-33(49)28-16(3)22(13-40-28)44-32(48)27-15(2)20(11-39-27)42-30(46)24-10-18-9-19(5-6-23(18)50-24)41-29(45)17(4)34/h5-6,9-13,38-40H,4,7-8H2,1-3H3,(H3,35,36)(H,37,47)(H,41,45)(H,42,46)(H,43,49)(H,44,48). The lowest BCUT2D eigenvalue weighted by molar-refractivity contribution is -0.112. The molecular formula is C33H33BrN10O5S. The number of amidine groups is 1. The van der Waals surface area contributed by atoms with E-state index in [0.29, 0.717) is 44.3 Å². The van der Waals surface area contributed by atoms with Crippen LogP contribution in [0.1, 0.15) is 64.2 Å². The number of anilines is 4. The smallest absolute Gasteiger partial charge is 0.272 e. The van der Waals surface area contributed by atoms with Gasteiger partial charge in [-0.3, -0.25) is 29.4 Å². The second-order valence-electron chi connectivity index (χ2n) is 11.2. The topological polar surface area (TPSA) is 243 Å². The van der Waals surface area contributed by atoms with Crippen LogP contribution in [0.25, 0.3) is 10.1 Å². The van der Waals surface area contributed by atoms with E-state index in [-0.39, 0.29) is 52.2 Å². The number of aromatic nitrogens is 3. The molecule has 0 spiro atoms. The first-order valence-electron chi connectivity index (χ1n) is 15.0. The second-order valence-corrected chi connectivity index (χ2v) is 13.3. The van der Waals surface area contributed by atoms with Gasteiger partial charge in [0.1, 0.15) is 17.1 Å². The first kappa shape index (κ1) is 35.4. The molecule has 11 N–H and O–H groups in total. The fraction of sp³-hybridized carbons (Fsp3) is 0.152. The van der Waals surface area contributed by atoms with Gasteiger partial charge in [-0.05, 0) is 66.4 Å². The Hall–Kier alpha value is -5.94. The molecule has 5 amide bonds. The summed E-state index contributed by atoms with van der Waals surface area (Å²) < 4.78 is 1.05. The van der Waals surface area contributed by atoms with Gasteiger partial charge in [0, 0.05) is 58.6 Å². The van der Waals surface area contributed by atoms with E-state index in [1.54, 1.807) is 39.0 Å². The molecule has 0 aliphatic heterocycles. The third-order valence-electron chi connectivity index (χ3n) is 7.77. The molecule has 0 unspecified atom stereocenters. The van der Waals surface area contributed by atoms with E-state index in [9.17, 15) is 24.0 Å². The fourth-order valence-electron chi connectivity index (χ4n) is 4.97. The average Bonchev–Trinajstić information content (AvgIpc) is 3.83. The Kier molecular flexibility index (Phi) is 10.4. The summed E-state index contributed by atoms with van der Waals surface area (Å²) in [6, 6.07) is 7.03. The first-order valence-corrected chi connectivity index (χ1v) is 16.6. The van der Waals surface area contributed by atoms with Crippen molar-refractivity contribution in [2.24, 2.45) is 5.73 Å². The Morgan fingerprint density at radius 1 is 0.780 bits per heavy atom. The maximum absolute atomic E-state index is 13.3. The number of nitrogens with two attached hydrogens (primary N) is 1. The molecule has 0 radical (unpaired) electrons. The summed E-state index contributed by atoms with van der Waals surface area (Å²) in [5.41, 5.74) is 9.26. The van der Waals surface area contributed by atoms with Gasteiger partial charge in [0.05, 0.1) is 32.3 Å². The molecule has 5 aromatic rings. The summed E-state index contributed by atoms with van der Waals surface area (Å²) in [7, 11) is 0. The van der Waals surface area contributed by atoms with E-state index in [4.69, 9.17) is 11.1 Å². The number of nitrogens with one attached hydrogen (secondary N) is 9. The van der Waals surface area contributed by atoms with Crippen LogP contribution in [0.15, 0.2) is 53.9 Å². The maximum atomic E-state index is 13.3. The zero-order valence-electron chi connectivity index (χ0n) is 27.1. The Balaban J connectivity index is 1.21. The highest BCUT2D eigenvalue weighted by molar-refractivity contribution is 9.12. The van der Waals surface area contributed by atoms with Crippen molar-refractivity contribution in [2.75, 3.05) is 27.8 Å². The van der Waals surface area contributed by atoms with Gasteiger partial charge in [0.15, 0.2) is 0 Å². The number of rotatable bonds is 12. The van der Waals surface area contributed by atoms with Crippen molar-refractivity contribution in [3.8, 4) is 0 Å². The molecule has 0 atom stereocenters. The molecule has 5 rings (SSSR count). The van der Waals surface area contributed by atoms with Crippen LogP contribution >= 0.6 is 27.3 Å². The first-order chi connectivity index (χ1) is 23.7. The van der Waals surface area contributed by atoms with Crippen LogP contribution < -0.4 is 32.3 Å². The minimum atomic E-state index is -0.485. The molecule has 17 heteroatoms. The lowest BCUT2D eigenvalue weighted by Gasteiger charge is -2.07. The number of carbonyl (C=O) groups excluding carboxylic acids is 5. The number of thiophene rings is 1. The zero-order valence-corrected chi connectivity index (χ0v) is 29.5. The lowest BCUT2D eigenvalue weighted by Crippen LogP contribution is -2.28. The van der Waals surface area contributed by atoms with E-state index in [0.717, 1.165) is 10.1 Å². The van der Waals surface area contributed by atoms with Crippen molar-refractivity contribution in [1.82, 2.24) is 20.3 Å². The third kappa shape index (κ3) is 7.68. The fourth-order valence-corrected chi connectivity index (χ4v) is 6.01. The van der Waals surface area contributed by atoms with Crippen molar-refractivity contribution in [2.45, 2.75) is 27.2 Å². The molecule has 1 aromatic carbocycles. The third-order valence-corrected chi connectivity index (χ3v) is 9.24. The van der Waals surface area contributed by atoms with Gasteiger partial charge in [-0.15, -0.1) is 11.3 Å². The van der Waals surface area contributed by atoms with E-state index < -0.39 is 17.7 Å². The van der Waals surface area contributed by atoms with Crippen LogP contribution in [-0.4, -0.2) is 56.9 Å². The molecule has 258 valence electrons. The molecule has 50 heavy (non-hydrogen) atoms. The monoisotopic (exact) mass is 760 g/mol. The Morgan fingerprint density at radius 2 is 1.28 bits per heavy atom. The van der Waals surface area contributed by atoms with E-state index in [1.165, 1.54) is 29.9 Å². The highest BCUT2D eigenvalue weighted by Crippen LogP contribution is 2.30. The quantitative estimate of drug-likeness (QED) is 0.0449. The van der Waals surface area contributed by atoms with Crippen LogP contribution in [-0.2, 0) is 4.79 Å². The number of hydrogen-bond donors (Lipinski definition) is 10. The number of fused-ring (bicyclic) bond motifs is 1. The van der Waals surface area contributed by atoms with E-state index in [2.05, 4.69) is 64.0 Å². The van der Waals surface area contributed by atoms with Gasteiger partial charge in [0.2, 0.25) is 0 Å². The predicted molar refractivity (Wildman–Crippen MR) is 198 cm³/mol.